The Balaban J connectivity index is 0. The number of aliphatic imine (C=N–C) groups is 1. The first-order valence-electron chi connectivity index (χ1n) is 3.31. The summed E-state index contributed by atoms with van der Waals surface area (Å²) in [6.07, 6.45) is 5.02. The van der Waals surface area contributed by atoms with Crippen molar-refractivity contribution in [3.63, 3.8) is 0 Å². The molecule has 0 spiro atoms. The summed E-state index contributed by atoms with van der Waals surface area (Å²) in [5, 5.41) is 0. The van der Waals surface area contributed by atoms with Crippen molar-refractivity contribution in [2.24, 2.45) is 4.99 Å². The van der Waals surface area contributed by atoms with Crippen molar-refractivity contribution in [3.05, 3.63) is 12.2 Å². The Hall–Kier alpha value is -1.03. The third-order valence-corrected chi connectivity index (χ3v) is 0.946. The Morgan fingerprint density at radius 3 is 2.00 bits per heavy atom. The van der Waals surface area contributed by atoms with Gasteiger partial charge in [-0.25, -0.2) is 0 Å². The van der Waals surface area contributed by atoms with E-state index in [1.807, 2.05) is 20.8 Å². The molecule has 0 atom stereocenters. The molecule has 0 aliphatic rings. The zero-order chi connectivity index (χ0) is 8.57. The van der Waals surface area contributed by atoms with Crippen LogP contribution >= 0.6 is 0 Å². The van der Waals surface area contributed by atoms with Crippen molar-refractivity contribution in [1.82, 2.24) is 0 Å². The van der Waals surface area contributed by atoms with Crippen LogP contribution < -0.4 is 0 Å². The molecule has 0 aromatic rings. The first-order chi connectivity index (χ1) is 4.72. The molecule has 0 fully saturated rings. The van der Waals surface area contributed by atoms with Gasteiger partial charge in [0.15, 0.2) is 0 Å². The standard InChI is InChI=1S/C7H9N.C2H6/c1-5-6(2)7(3)8-4;1-2/h1H,2H2,3-4H3;1-2H3. The topological polar surface area (TPSA) is 12.4 Å². The van der Waals surface area contributed by atoms with Gasteiger partial charge in [0.2, 0.25) is 0 Å². The van der Waals surface area contributed by atoms with Crippen LogP contribution in [-0.4, -0.2) is 12.8 Å². The lowest BCUT2D eigenvalue weighted by Crippen LogP contribution is -1.90. The van der Waals surface area contributed by atoms with Gasteiger partial charge in [0.25, 0.3) is 0 Å². The van der Waals surface area contributed by atoms with Gasteiger partial charge in [-0.05, 0) is 6.92 Å². The average Bonchev–Trinajstić information content (AvgIpc) is 2.05. The minimum absolute atomic E-state index is 0.660. The van der Waals surface area contributed by atoms with Crippen LogP contribution in [0, 0.1) is 12.3 Å². The first kappa shape index (κ1) is 11.7. The Bertz CT molecular complexity index is 158. The van der Waals surface area contributed by atoms with Crippen LogP contribution in [0.2, 0.25) is 0 Å². The summed E-state index contributed by atoms with van der Waals surface area (Å²) < 4.78 is 0. The second-order valence-corrected chi connectivity index (χ2v) is 1.43. The summed E-state index contributed by atoms with van der Waals surface area (Å²) >= 11 is 0. The molecule has 0 bridgehead atoms. The largest absolute Gasteiger partial charge is 0.292 e. The van der Waals surface area contributed by atoms with Crippen molar-refractivity contribution in [3.8, 4) is 12.3 Å². The monoisotopic (exact) mass is 137 g/mol. The van der Waals surface area contributed by atoms with Crippen molar-refractivity contribution in [2.45, 2.75) is 20.8 Å². The summed E-state index contributed by atoms with van der Waals surface area (Å²) in [7, 11) is 1.69. The number of nitrogens with zero attached hydrogens (tertiary/aromatic N) is 1. The molecule has 0 amide bonds. The van der Waals surface area contributed by atoms with Crippen molar-refractivity contribution in [2.75, 3.05) is 7.05 Å². The molecular weight excluding hydrogens is 122 g/mol. The summed E-state index contributed by atoms with van der Waals surface area (Å²) in [5.41, 5.74) is 1.49. The molecule has 0 heterocycles. The van der Waals surface area contributed by atoms with E-state index in [1.54, 1.807) is 7.05 Å². The van der Waals surface area contributed by atoms with E-state index in [0.29, 0.717) is 5.57 Å². The lowest BCUT2D eigenvalue weighted by molar-refractivity contribution is 1.42. The third kappa shape index (κ3) is 5.11. The molecule has 1 heteroatoms. The fraction of sp³-hybridized carbons (Fsp3) is 0.444. The van der Waals surface area contributed by atoms with Gasteiger partial charge < -0.3 is 0 Å². The van der Waals surface area contributed by atoms with Crippen LogP contribution in [0.15, 0.2) is 17.1 Å². The van der Waals surface area contributed by atoms with Crippen molar-refractivity contribution >= 4 is 5.71 Å². The molecule has 0 rings (SSSR count). The Labute approximate surface area is 63.9 Å². The molecule has 0 saturated heterocycles. The maximum atomic E-state index is 5.02. The average molecular weight is 137 g/mol. The Kier molecular flexibility index (Phi) is 9.35. The van der Waals surface area contributed by atoms with Gasteiger partial charge in [0.1, 0.15) is 0 Å². The van der Waals surface area contributed by atoms with Crippen LogP contribution in [0.1, 0.15) is 20.8 Å². The van der Waals surface area contributed by atoms with Crippen LogP contribution in [0.3, 0.4) is 0 Å². The van der Waals surface area contributed by atoms with E-state index in [0.717, 1.165) is 5.71 Å². The van der Waals surface area contributed by atoms with Crippen LogP contribution in [-0.2, 0) is 0 Å². The molecule has 10 heavy (non-hydrogen) atoms. The number of rotatable bonds is 1. The molecular formula is C9H15N. The summed E-state index contributed by atoms with van der Waals surface area (Å²) in [4.78, 5) is 3.83. The van der Waals surface area contributed by atoms with E-state index < -0.39 is 0 Å². The highest BCUT2D eigenvalue weighted by Crippen LogP contribution is 1.89. The predicted molar refractivity (Wildman–Crippen MR) is 48.4 cm³/mol. The summed E-state index contributed by atoms with van der Waals surface area (Å²) in [6, 6.07) is 0. The molecule has 0 aromatic carbocycles. The molecule has 0 N–H and O–H groups in total. The zero-order valence-electron chi connectivity index (χ0n) is 7.23. The van der Waals surface area contributed by atoms with Crippen LogP contribution in [0.25, 0.3) is 0 Å². The molecule has 0 unspecified atom stereocenters. The van der Waals surface area contributed by atoms with Gasteiger partial charge in [0.05, 0.1) is 0 Å². The van der Waals surface area contributed by atoms with Crippen LogP contribution in [0.5, 0.6) is 0 Å². The second kappa shape index (κ2) is 7.97. The van der Waals surface area contributed by atoms with Gasteiger partial charge in [-0.1, -0.05) is 26.3 Å². The maximum absolute atomic E-state index is 5.02. The van der Waals surface area contributed by atoms with E-state index in [2.05, 4.69) is 17.5 Å². The number of hydrogen-bond acceptors (Lipinski definition) is 1. The summed E-state index contributed by atoms with van der Waals surface area (Å²) in [6.45, 7) is 9.41. The number of hydrogen-bond donors (Lipinski definition) is 0. The number of allylic oxidation sites excluding steroid dienone is 1. The van der Waals surface area contributed by atoms with E-state index in [1.165, 1.54) is 0 Å². The number of terminal acetylenes is 1. The molecule has 0 aromatic heterocycles. The maximum Gasteiger partial charge on any atom is 0.0464 e. The smallest absolute Gasteiger partial charge is 0.0464 e. The molecule has 56 valence electrons. The van der Waals surface area contributed by atoms with Gasteiger partial charge in [-0.3, -0.25) is 4.99 Å². The highest BCUT2D eigenvalue weighted by Gasteiger charge is 1.87. The minimum Gasteiger partial charge on any atom is -0.292 e. The molecule has 0 radical (unpaired) electrons. The highest BCUT2D eigenvalue weighted by molar-refractivity contribution is 6.01. The van der Waals surface area contributed by atoms with E-state index in [4.69, 9.17) is 6.42 Å². The Morgan fingerprint density at radius 1 is 1.50 bits per heavy atom. The van der Waals surface area contributed by atoms with Crippen molar-refractivity contribution < 1.29 is 0 Å². The Morgan fingerprint density at radius 2 is 1.90 bits per heavy atom. The van der Waals surface area contributed by atoms with Gasteiger partial charge in [0, 0.05) is 18.3 Å². The lowest BCUT2D eigenvalue weighted by atomic mass is 10.2. The molecule has 0 aliphatic heterocycles. The van der Waals surface area contributed by atoms with Gasteiger partial charge in [-0.2, -0.15) is 0 Å². The lowest BCUT2D eigenvalue weighted by Gasteiger charge is -1.90. The quantitative estimate of drug-likeness (QED) is 0.388. The fourth-order valence-corrected chi connectivity index (χ4v) is 0.239. The van der Waals surface area contributed by atoms with E-state index in [9.17, 15) is 0 Å². The second-order valence-electron chi connectivity index (χ2n) is 1.43. The van der Waals surface area contributed by atoms with Crippen molar-refractivity contribution in [1.29, 1.82) is 0 Å². The SMILES string of the molecule is C#CC(=C)C(C)=NC.CC. The fourth-order valence-electron chi connectivity index (χ4n) is 0.239. The van der Waals surface area contributed by atoms with E-state index in [-0.39, 0.29) is 0 Å². The third-order valence-electron chi connectivity index (χ3n) is 0.946. The first-order valence-corrected chi connectivity index (χ1v) is 3.31. The molecule has 0 saturated carbocycles. The normalized spacial score (nSPS) is 8.90. The molecule has 0 aliphatic carbocycles. The van der Waals surface area contributed by atoms with Gasteiger partial charge >= 0.3 is 0 Å². The van der Waals surface area contributed by atoms with Crippen LogP contribution in [0.4, 0.5) is 0 Å². The minimum atomic E-state index is 0.660. The molecule has 1 nitrogen and oxygen atoms in total. The van der Waals surface area contributed by atoms with Gasteiger partial charge in [-0.15, -0.1) is 6.42 Å². The highest BCUT2D eigenvalue weighted by atomic mass is 14.7. The predicted octanol–water partition coefficient (Wildman–Crippen LogP) is 2.29. The summed E-state index contributed by atoms with van der Waals surface area (Å²) in [5.74, 6) is 2.39. The van der Waals surface area contributed by atoms with E-state index >= 15 is 0 Å². The zero-order valence-corrected chi connectivity index (χ0v) is 7.23.